The summed E-state index contributed by atoms with van der Waals surface area (Å²) in [6.07, 6.45) is 13.7. The van der Waals surface area contributed by atoms with E-state index in [0.717, 1.165) is 42.7 Å². The first-order valence-electron chi connectivity index (χ1n) is 14.0. The molecule has 206 valence electrons. The molecule has 2 aromatic rings. The number of benzene rings is 2. The SMILES string of the molecule is CCCCCCC1CCC(C(=O)Oc2ccc(C=CC(=O)OCC(C)(C)c3ccc(N)cc3N)cc2)CC1. The smallest absolute Gasteiger partial charge is 0.330 e. The van der Waals surface area contributed by atoms with Crippen molar-refractivity contribution in [1.29, 1.82) is 0 Å². The third kappa shape index (κ3) is 8.93. The zero-order valence-corrected chi connectivity index (χ0v) is 23.2. The van der Waals surface area contributed by atoms with Crippen molar-refractivity contribution in [3.63, 3.8) is 0 Å². The summed E-state index contributed by atoms with van der Waals surface area (Å²) >= 11 is 0. The second-order valence-electron chi connectivity index (χ2n) is 11.2. The molecule has 0 aromatic heterocycles. The lowest BCUT2D eigenvalue weighted by atomic mass is 9.80. The second kappa shape index (κ2) is 14.0. The minimum Gasteiger partial charge on any atom is -0.462 e. The quantitative estimate of drug-likeness (QED) is 0.102. The molecular formula is C32H44N2O4. The number of carbonyl (C=O) groups excluding carboxylic acids is 2. The highest BCUT2D eigenvalue weighted by molar-refractivity contribution is 5.87. The van der Waals surface area contributed by atoms with Crippen molar-refractivity contribution in [1.82, 2.24) is 0 Å². The van der Waals surface area contributed by atoms with Crippen molar-refractivity contribution in [3.8, 4) is 5.75 Å². The maximum Gasteiger partial charge on any atom is 0.330 e. The van der Waals surface area contributed by atoms with Gasteiger partial charge in [-0.25, -0.2) is 4.79 Å². The molecule has 0 unspecified atom stereocenters. The number of nitrogen functional groups attached to an aromatic ring is 2. The van der Waals surface area contributed by atoms with E-state index in [4.69, 9.17) is 20.9 Å². The Morgan fingerprint density at radius 1 is 0.974 bits per heavy atom. The van der Waals surface area contributed by atoms with E-state index in [9.17, 15) is 9.59 Å². The number of ether oxygens (including phenoxy) is 2. The molecule has 0 heterocycles. The molecular weight excluding hydrogens is 476 g/mol. The molecule has 1 saturated carbocycles. The van der Waals surface area contributed by atoms with Gasteiger partial charge >= 0.3 is 11.9 Å². The van der Waals surface area contributed by atoms with Crippen molar-refractivity contribution in [3.05, 3.63) is 59.7 Å². The molecule has 6 heteroatoms. The number of esters is 2. The summed E-state index contributed by atoms with van der Waals surface area (Å²) in [5, 5.41) is 0. The predicted molar refractivity (Wildman–Crippen MR) is 155 cm³/mol. The topological polar surface area (TPSA) is 105 Å². The Labute approximate surface area is 227 Å². The number of carbonyl (C=O) groups is 2. The van der Waals surface area contributed by atoms with Crippen LogP contribution < -0.4 is 16.2 Å². The summed E-state index contributed by atoms with van der Waals surface area (Å²) in [7, 11) is 0. The summed E-state index contributed by atoms with van der Waals surface area (Å²) in [5.41, 5.74) is 14.3. The first-order valence-corrected chi connectivity index (χ1v) is 14.0. The van der Waals surface area contributed by atoms with Gasteiger partial charge in [0.1, 0.15) is 12.4 Å². The van der Waals surface area contributed by atoms with Gasteiger partial charge in [-0.1, -0.05) is 71.1 Å². The van der Waals surface area contributed by atoms with E-state index in [0.29, 0.717) is 17.1 Å². The van der Waals surface area contributed by atoms with Gasteiger partial charge in [-0.05, 0) is 73.1 Å². The molecule has 2 aromatic carbocycles. The van der Waals surface area contributed by atoms with Gasteiger partial charge in [-0.3, -0.25) is 4.79 Å². The maximum atomic E-state index is 12.7. The molecule has 0 saturated heterocycles. The first kappa shape index (κ1) is 29.3. The molecule has 0 aliphatic heterocycles. The molecule has 0 atom stereocenters. The third-order valence-corrected chi connectivity index (χ3v) is 7.54. The van der Waals surface area contributed by atoms with Gasteiger partial charge < -0.3 is 20.9 Å². The summed E-state index contributed by atoms with van der Waals surface area (Å²) in [5.74, 6) is 0.702. The first-order chi connectivity index (χ1) is 18.2. The largest absolute Gasteiger partial charge is 0.462 e. The van der Waals surface area contributed by atoms with Crippen LogP contribution in [0.1, 0.15) is 89.7 Å². The molecule has 3 rings (SSSR count). The Hall–Kier alpha value is -3.28. The predicted octanol–water partition coefficient (Wildman–Crippen LogP) is 7.07. The van der Waals surface area contributed by atoms with Crippen molar-refractivity contribution in [2.45, 2.75) is 84.0 Å². The van der Waals surface area contributed by atoms with Crippen LogP contribution in [0.15, 0.2) is 48.5 Å². The van der Waals surface area contributed by atoms with Crippen LogP contribution >= 0.6 is 0 Å². The highest BCUT2D eigenvalue weighted by atomic mass is 16.5. The van der Waals surface area contributed by atoms with E-state index in [-0.39, 0.29) is 18.5 Å². The van der Waals surface area contributed by atoms with Crippen LogP contribution in [0.4, 0.5) is 11.4 Å². The molecule has 0 amide bonds. The highest BCUT2D eigenvalue weighted by Gasteiger charge is 2.28. The van der Waals surface area contributed by atoms with Crippen molar-refractivity contribution >= 4 is 29.4 Å². The number of rotatable bonds is 12. The zero-order chi connectivity index (χ0) is 27.5. The lowest BCUT2D eigenvalue weighted by molar-refractivity contribution is -0.140. The van der Waals surface area contributed by atoms with E-state index < -0.39 is 11.4 Å². The van der Waals surface area contributed by atoms with E-state index in [1.807, 2.05) is 32.0 Å². The number of hydrogen-bond donors (Lipinski definition) is 2. The standard InChI is InChI=1S/C32H44N2O4/c1-4-5-6-7-8-23-9-14-25(15-10-23)31(36)38-27-17-11-24(12-18-27)13-20-30(35)37-22-32(2,3)28-19-16-26(33)21-29(28)34/h11-13,16-21,23,25H,4-10,14-15,22,33-34H2,1-3H3. The number of anilines is 2. The third-order valence-electron chi connectivity index (χ3n) is 7.54. The number of hydrogen-bond acceptors (Lipinski definition) is 6. The average Bonchev–Trinajstić information content (AvgIpc) is 2.89. The van der Waals surface area contributed by atoms with Crippen LogP contribution in [-0.4, -0.2) is 18.5 Å². The van der Waals surface area contributed by atoms with Crippen molar-refractivity contribution in [2.75, 3.05) is 18.1 Å². The lowest BCUT2D eigenvalue weighted by Gasteiger charge is -2.27. The molecule has 6 nitrogen and oxygen atoms in total. The van der Waals surface area contributed by atoms with Crippen molar-refractivity contribution < 1.29 is 19.1 Å². The van der Waals surface area contributed by atoms with Gasteiger partial charge in [0.15, 0.2) is 0 Å². The maximum absolute atomic E-state index is 12.7. The highest BCUT2D eigenvalue weighted by Crippen LogP contribution is 2.33. The molecule has 38 heavy (non-hydrogen) atoms. The van der Waals surface area contributed by atoms with Crippen molar-refractivity contribution in [2.24, 2.45) is 11.8 Å². The van der Waals surface area contributed by atoms with Gasteiger partial charge in [-0.15, -0.1) is 0 Å². The number of unbranched alkanes of at least 4 members (excludes halogenated alkanes) is 3. The fourth-order valence-corrected chi connectivity index (χ4v) is 5.13. The lowest BCUT2D eigenvalue weighted by Crippen LogP contribution is -2.27. The average molecular weight is 521 g/mol. The van der Waals surface area contributed by atoms with E-state index >= 15 is 0 Å². The Morgan fingerprint density at radius 3 is 2.34 bits per heavy atom. The van der Waals surface area contributed by atoms with Crippen LogP contribution in [0.3, 0.4) is 0 Å². The molecule has 4 N–H and O–H groups in total. The Morgan fingerprint density at radius 2 is 1.68 bits per heavy atom. The molecule has 0 spiro atoms. The normalized spacial score (nSPS) is 17.9. The van der Waals surface area contributed by atoms with Gasteiger partial charge in [0, 0.05) is 22.9 Å². The summed E-state index contributed by atoms with van der Waals surface area (Å²) in [6.45, 7) is 6.35. The summed E-state index contributed by atoms with van der Waals surface area (Å²) in [6, 6.07) is 12.5. The van der Waals surface area contributed by atoms with E-state index in [2.05, 4.69) is 6.92 Å². The van der Waals surface area contributed by atoms with Gasteiger partial charge in [0.2, 0.25) is 0 Å². The molecule has 1 aliphatic rings. The Bertz CT molecular complexity index is 1080. The van der Waals surface area contributed by atoms with Gasteiger partial charge in [0.05, 0.1) is 5.92 Å². The minimum atomic E-state index is -0.458. The van der Waals surface area contributed by atoms with Crippen LogP contribution in [0.2, 0.25) is 0 Å². The molecule has 1 aliphatic carbocycles. The van der Waals surface area contributed by atoms with E-state index in [1.165, 1.54) is 38.2 Å². The molecule has 1 fully saturated rings. The fourth-order valence-electron chi connectivity index (χ4n) is 5.13. The fraction of sp³-hybridized carbons (Fsp3) is 0.500. The monoisotopic (exact) mass is 520 g/mol. The van der Waals surface area contributed by atoms with Crippen LogP contribution in [-0.2, 0) is 19.7 Å². The van der Waals surface area contributed by atoms with Crippen LogP contribution in [0.25, 0.3) is 6.08 Å². The van der Waals surface area contributed by atoms with Gasteiger partial charge in [-0.2, -0.15) is 0 Å². The summed E-state index contributed by atoms with van der Waals surface area (Å²) in [4.78, 5) is 25.0. The van der Waals surface area contributed by atoms with Crippen LogP contribution in [0.5, 0.6) is 5.75 Å². The summed E-state index contributed by atoms with van der Waals surface area (Å²) < 4.78 is 11.1. The van der Waals surface area contributed by atoms with Gasteiger partial charge in [0.25, 0.3) is 0 Å². The molecule has 0 bridgehead atoms. The second-order valence-corrected chi connectivity index (χ2v) is 11.2. The zero-order valence-electron chi connectivity index (χ0n) is 23.2. The number of nitrogens with two attached hydrogens (primary N) is 2. The Kier molecular flexibility index (Phi) is 10.8. The Balaban J connectivity index is 1.42. The van der Waals surface area contributed by atoms with Crippen LogP contribution in [0, 0.1) is 11.8 Å². The van der Waals surface area contributed by atoms with E-state index in [1.54, 1.807) is 30.3 Å². The molecule has 0 radical (unpaired) electrons. The minimum absolute atomic E-state index is 0.0101.